The number of hydrogen-bond donors (Lipinski definition) is 3. The molecule has 4 N–H and O–H groups in total. The highest BCUT2D eigenvalue weighted by Gasteiger charge is 2.21. The Morgan fingerprint density at radius 2 is 2.05 bits per heavy atom. The van der Waals surface area contributed by atoms with E-state index in [1.54, 1.807) is 19.1 Å². The Labute approximate surface area is 120 Å². The molecule has 2 amide bonds. The second-order valence-electron chi connectivity index (χ2n) is 4.33. The van der Waals surface area contributed by atoms with Crippen molar-refractivity contribution >= 4 is 29.4 Å². The van der Waals surface area contributed by atoms with Crippen LogP contribution < -0.4 is 11.1 Å². The van der Waals surface area contributed by atoms with Crippen LogP contribution in [0.1, 0.15) is 28.8 Å². The molecule has 0 unspecified atom stereocenters. The van der Waals surface area contributed by atoms with Crippen LogP contribution in [0, 0.1) is 6.92 Å². The van der Waals surface area contributed by atoms with E-state index in [1.165, 1.54) is 6.07 Å². The van der Waals surface area contributed by atoms with Gasteiger partial charge in [-0.3, -0.25) is 9.59 Å². The molecular weight excluding hydrogens is 284 g/mol. The smallest absolute Gasteiger partial charge is 0.326 e. The minimum absolute atomic E-state index is 0.0525. The first-order valence-corrected chi connectivity index (χ1v) is 6.27. The number of nitrogens with two attached hydrogens (primary N) is 1. The Hall–Kier alpha value is -2.08. The quantitative estimate of drug-likeness (QED) is 0.730. The highest BCUT2D eigenvalue weighted by molar-refractivity contribution is 6.30. The minimum Gasteiger partial charge on any atom is -0.480 e. The van der Waals surface area contributed by atoms with Crippen LogP contribution in [-0.2, 0) is 9.59 Å². The molecule has 0 radical (unpaired) electrons. The van der Waals surface area contributed by atoms with Crippen LogP contribution in [0.15, 0.2) is 18.2 Å². The summed E-state index contributed by atoms with van der Waals surface area (Å²) < 4.78 is 0. The van der Waals surface area contributed by atoms with Crippen LogP contribution >= 0.6 is 11.6 Å². The minimum atomic E-state index is -1.22. The van der Waals surface area contributed by atoms with Gasteiger partial charge in [-0.1, -0.05) is 11.6 Å². The summed E-state index contributed by atoms with van der Waals surface area (Å²) in [7, 11) is 0. The van der Waals surface area contributed by atoms with Crippen LogP contribution in [0.2, 0.25) is 5.02 Å². The van der Waals surface area contributed by atoms with Crippen molar-refractivity contribution in [1.82, 2.24) is 5.32 Å². The van der Waals surface area contributed by atoms with Gasteiger partial charge in [0.25, 0.3) is 5.91 Å². The molecule has 0 heterocycles. The number of carboxylic acid groups (broad SMARTS) is 1. The Kier molecular flexibility index (Phi) is 5.52. The molecule has 6 nitrogen and oxygen atoms in total. The van der Waals surface area contributed by atoms with E-state index in [1.807, 2.05) is 0 Å². The van der Waals surface area contributed by atoms with Crippen molar-refractivity contribution in [1.29, 1.82) is 0 Å². The maximum Gasteiger partial charge on any atom is 0.326 e. The third kappa shape index (κ3) is 4.55. The molecule has 7 heteroatoms. The van der Waals surface area contributed by atoms with E-state index >= 15 is 0 Å². The van der Waals surface area contributed by atoms with Crippen molar-refractivity contribution in [3.63, 3.8) is 0 Å². The molecule has 20 heavy (non-hydrogen) atoms. The first-order valence-electron chi connectivity index (χ1n) is 5.89. The van der Waals surface area contributed by atoms with Gasteiger partial charge in [0.05, 0.1) is 0 Å². The van der Waals surface area contributed by atoms with Crippen LogP contribution in [-0.4, -0.2) is 28.9 Å². The monoisotopic (exact) mass is 298 g/mol. The number of primary amides is 1. The van der Waals surface area contributed by atoms with Crippen LogP contribution in [0.4, 0.5) is 0 Å². The first kappa shape index (κ1) is 16.0. The van der Waals surface area contributed by atoms with Gasteiger partial charge >= 0.3 is 5.97 Å². The predicted octanol–water partition coefficient (Wildman–Crippen LogP) is 1.10. The van der Waals surface area contributed by atoms with E-state index < -0.39 is 23.8 Å². The van der Waals surface area contributed by atoms with Gasteiger partial charge in [-0.15, -0.1) is 0 Å². The van der Waals surface area contributed by atoms with Gasteiger partial charge in [-0.25, -0.2) is 4.79 Å². The predicted molar refractivity (Wildman–Crippen MR) is 73.5 cm³/mol. The molecule has 0 aliphatic heterocycles. The van der Waals surface area contributed by atoms with Gasteiger partial charge in [0.1, 0.15) is 6.04 Å². The number of carbonyl (C=O) groups excluding carboxylic acids is 2. The van der Waals surface area contributed by atoms with Gasteiger partial charge in [0.2, 0.25) is 5.91 Å². The third-order valence-corrected chi connectivity index (χ3v) is 2.95. The zero-order valence-corrected chi connectivity index (χ0v) is 11.6. The van der Waals surface area contributed by atoms with E-state index in [9.17, 15) is 14.4 Å². The molecule has 0 aromatic heterocycles. The van der Waals surface area contributed by atoms with Crippen LogP contribution in [0.5, 0.6) is 0 Å². The SMILES string of the molecule is Cc1cc(Cl)ccc1C(=O)N[C@H](CCC(N)=O)C(=O)O. The first-order chi connectivity index (χ1) is 9.31. The van der Waals surface area contributed by atoms with Crippen molar-refractivity contribution in [2.45, 2.75) is 25.8 Å². The average Bonchev–Trinajstić information content (AvgIpc) is 2.33. The lowest BCUT2D eigenvalue weighted by Gasteiger charge is -2.14. The van der Waals surface area contributed by atoms with Crippen molar-refractivity contribution in [2.24, 2.45) is 5.73 Å². The molecule has 108 valence electrons. The Bertz CT molecular complexity index is 545. The number of rotatable bonds is 6. The largest absolute Gasteiger partial charge is 0.480 e. The van der Waals surface area contributed by atoms with Crippen molar-refractivity contribution in [2.75, 3.05) is 0 Å². The van der Waals surface area contributed by atoms with E-state index in [2.05, 4.69) is 5.32 Å². The summed E-state index contributed by atoms with van der Waals surface area (Å²) in [5.41, 5.74) is 5.93. The normalized spacial score (nSPS) is 11.7. The summed E-state index contributed by atoms with van der Waals surface area (Å²) in [6.45, 7) is 1.69. The number of carboxylic acids is 1. The number of aryl methyl sites for hydroxylation is 1. The highest BCUT2D eigenvalue weighted by atomic mass is 35.5. The molecule has 1 aromatic rings. The maximum absolute atomic E-state index is 12.0. The topological polar surface area (TPSA) is 109 Å². The van der Waals surface area contributed by atoms with Crippen LogP contribution in [0.25, 0.3) is 0 Å². The molecule has 1 rings (SSSR count). The number of amides is 2. The molecule has 0 fully saturated rings. The number of halogens is 1. The van der Waals surface area contributed by atoms with Gasteiger partial charge in [-0.2, -0.15) is 0 Å². The number of carbonyl (C=O) groups is 3. The molecule has 0 spiro atoms. The van der Waals surface area contributed by atoms with Crippen LogP contribution in [0.3, 0.4) is 0 Å². The molecule has 0 bridgehead atoms. The zero-order chi connectivity index (χ0) is 15.3. The summed E-state index contributed by atoms with van der Waals surface area (Å²) in [4.78, 5) is 33.7. The lowest BCUT2D eigenvalue weighted by atomic mass is 10.1. The summed E-state index contributed by atoms with van der Waals surface area (Å²) in [6, 6.07) is 3.50. The Morgan fingerprint density at radius 1 is 1.40 bits per heavy atom. The molecule has 0 saturated carbocycles. The molecule has 1 atom stereocenters. The Balaban J connectivity index is 2.80. The van der Waals surface area contributed by atoms with E-state index in [0.717, 1.165) is 0 Å². The standard InChI is InChI=1S/C13H15ClN2O4/c1-7-6-8(14)2-3-9(7)12(18)16-10(13(19)20)4-5-11(15)17/h2-3,6,10H,4-5H2,1H3,(H2,15,17)(H,16,18)(H,19,20)/t10-/m1/s1. The lowest BCUT2D eigenvalue weighted by molar-refractivity contribution is -0.139. The van der Waals surface area contributed by atoms with E-state index in [4.69, 9.17) is 22.4 Å². The molecule has 0 saturated heterocycles. The second kappa shape index (κ2) is 6.91. The molecule has 0 aliphatic carbocycles. The highest BCUT2D eigenvalue weighted by Crippen LogP contribution is 2.15. The van der Waals surface area contributed by atoms with Gasteiger partial charge in [0.15, 0.2) is 0 Å². The van der Waals surface area contributed by atoms with Gasteiger partial charge < -0.3 is 16.2 Å². The summed E-state index contributed by atoms with van der Waals surface area (Å²) in [5.74, 6) is -2.37. The van der Waals surface area contributed by atoms with Gasteiger partial charge in [0, 0.05) is 17.0 Å². The maximum atomic E-state index is 12.0. The number of nitrogens with one attached hydrogen (secondary N) is 1. The fourth-order valence-corrected chi connectivity index (χ4v) is 1.89. The molecule has 0 aliphatic rings. The van der Waals surface area contributed by atoms with Crippen molar-refractivity contribution < 1.29 is 19.5 Å². The summed E-state index contributed by atoms with van der Waals surface area (Å²) in [6.07, 6.45) is -0.167. The van der Waals surface area contributed by atoms with Crippen molar-refractivity contribution in [3.05, 3.63) is 34.3 Å². The third-order valence-electron chi connectivity index (χ3n) is 2.72. The number of aliphatic carboxylic acids is 1. The fraction of sp³-hybridized carbons (Fsp3) is 0.308. The molecule has 1 aromatic carbocycles. The summed E-state index contributed by atoms with van der Waals surface area (Å²) >= 11 is 5.79. The number of benzene rings is 1. The van der Waals surface area contributed by atoms with E-state index in [-0.39, 0.29) is 12.8 Å². The van der Waals surface area contributed by atoms with Gasteiger partial charge in [-0.05, 0) is 37.1 Å². The fourth-order valence-electron chi connectivity index (χ4n) is 1.66. The van der Waals surface area contributed by atoms with Crippen molar-refractivity contribution in [3.8, 4) is 0 Å². The second-order valence-corrected chi connectivity index (χ2v) is 4.76. The average molecular weight is 299 g/mol. The lowest BCUT2D eigenvalue weighted by Crippen LogP contribution is -2.41. The number of hydrogen-bond acceptors (Lipinski definition) is 3. The summed E-state index contributed by atoms with van der Waals surface area (Å²) in [5, 5.41) is 11.9. The van der Waals surface area contributed by atoms with E-state index in [0.29, 0.717) is 16.1 Å². The zero-order valence-electron chi connectivity index (χ0n) is 10.9. The Morgan fingerprint density at radius 3 is 2.55 bits per heavy atom. The molecular formula is C13H15ClN2O4.